The van der Waals surface area contributed by atoms with Crippen molar-refractivity contribution in [3.8, 4) is 0 Å². The van der Waals surface area contributed by atoms with Gasteiger partial charge in [0.1, 0.15) is 12.1 Å². The number of amides is 1. The van der Waals surface area contributed by atoms with Crippen LogP contribution < -0.4 is 5.32 Å². The highest BCUT2D eigenvalue weighted by atomic mass is 19.4. The summed E-state index contributed by atoms with van der Waals surface area (Å²) in [4.78, 5) is 10.5. The predicted molar refractivity (Wildman–Crippen MR) is 35.3 cm³/mol. The molecular formula is C6H10F3NO2. The Morgan fingerprint density at radius 3 is 2.08 bits per heavy atom. The van der Waals surface area contributed by atoms with Crippen LogP contribution in [0.5, 0.6) is 0 Å². The lowest BCUT2D eigenvalue weighted by molar-refractivity contribution is -0.160. The number of hydrogen-bond donors (Lipinski definition) is 2. The Morgan fingerprint density at radius 1 is 1.42 bits per heavy atom. The zero-order chi connectivity index (χ0) is 9.94. The molecule has 0 radical (unpaired) electrons. The average Bonchev–Trinajstić information content (AvgIpc) is 1.85. The van der Waals surface area contributed by atoms with E-state index in [0.29, 0.717) is 0 Å². The molecule has 0 unspecified atom stereocenters. The van der Waals surface area contributed by atoms with Crippen molar-refractivity contribution in [1.29, 1.82) is 0 Å². The summed E-state index contributed by atoms with van der Waals surface area (Å²) in [5, 5.41) is 10.2. The van der Waals surface area contributed by atoms with Gasteiger partial charge in [-0.05, 0) is 13.8 Å². The molecule has 0 saturated carbocycles. The number of alkyl halides is 3. The number of aliphatic hydroxyl groups is 1. The van der Waals surface area contributed by atoms with Gasteiger partial charge in [0.2, 0.25) is 5.91 Å². The molecule has 1 amide bonds. The van der Waals surface area contributed by atoms with Gasteiger partial charge in [0.05, 0.1) is 0 Å². The van der Waals surface area contributed by atoms with E-state index >= 15 is 0 Å². The first-order chi connectivity index (χ1) is 5.25. The molecule has 2 atom stereocenters. The fourth-order valence-electron chi connectivity index (χ4n) is 0.416. The molecule has 0 aromatic rings. The second kappa shape index (κ2) is 3.75. The molecule has 0 aliphatic carbocycles. The highest BCUT2D eigenvalue weighted by Crippen LogP contribution is 2.19. The fraction of sp³-hybridized carbons (Fsp3) is 0.833. The zero-order valence-corrected chi connectivity index (χ0v) is 6.64. The van der Waals surface area contributed by atoms with Crippen molar-refractivity contribution < 1.29 is 23.1 Å². The Bertz CT molecular complexity index is 167. The van der Waals surface area contributed by atoms with E-state index in [1.807, 2.05) is 0 Å². The van der Waals surface area contributed by atoms with Crippen molar-refractivity contribution in [2.24, 2.45) is 0 Å². The maximum atomic E-state index is 11.8. The largest absolute Gasteiger partial charge is 0.408 e. The maximum Gasteiger partial charge on any atom is 0.408 e. The number of nitrogens with one attached hydrogen (secondary N) is 1. The number of hydrogen-bond acceptors (Lipinski definition) is 2. The molecule has 6 heteroatoms. The Hall–Kier alpha value is -0.780. The second-order valence-corrected chi connectivity index (χ2v) is 2.45. The van der Waals surface area contributed by atoms with Crippen LogP contribution in [0.1, 0.15) is 13.8 Å². The SMILES string of the molecule is C[C@@H](O)C(=O)N[C@H](C)C(F)(F)F. The van der Waals surface area contributed by atoms with Crippen LogP contribution in [0.15, 0.2) is 0 Å². The van der Waals surface area contributed by atoms with Crippen molar-refractivity contribution in [3.05, 3.63) is 0 Å². The van der Waals surface area contributed by atoms with E-state index in [2.05, 4.69) is 0 Å². The summed E-state index contributed by atoms with van der Waals surface area (Å²) >= 11 is 0. The van der Waals surface area contributed by atoms with Crippen LogP contribution >= 0.6 is 0 Å². The van der Waals surface area contributed by atoms with Crippen molar-refractivity contribution >= 4 is 5.91 Å². The van der Waals surface area contributed by atoms with Crippen LogP contribution in [-0.2, 0) is 4.79 Å². The normalized spacial score (nSPS) is 16.8. The van der Waals surface area contributed by atoms with Gasteiger partial charge in [-0.2, -0.15) is 13.2 Å². The van der Waals surface area contributed by atoms with Crippen LogP contribution in [0, 0.1) is 0 Å². The molecule has 0 rings (SSSR count). The molecule has 3 nitrogen and oxygen atoms in total. The third-order valence-electron chi connectivity index (χ3n) is 1.23. The van der Waals surface area contributed by atoms with Crippen LogP contribution in [0.4, 0.5) is 13.2 Å². The summed E-state index contributed by atoms with van der Waals surface area (Å²) in [7, 11) is 0. The standard InChI is InChI=1S/C6H10F3NO2/c1-3(11)5(12)10-4(2)6(7,8)9/h3-4,11H,1-2H3,(H,10,12)/t3-,4-/m1/s1. The van der Waals surface area contributed by atoms with Gasteiger partial charge in [-0.15, -0.1) is 0 Å². The van der Waals surface area contributed by atoms with Crippen LogP contribution in [0.2, 0.25) is 0 Å². The lowest BCUT2D eigenvalue weighted by Gasteiger charge is -2.17. The molecule has 0 aliphatic heterocycles. The first-order valence-corrected chi connectivity index (χ1v) is 3.30. The Morgan fingerprint density at radius 2 is 1.83 bits per heavy atom. The lowest BCUT2D eigenvalue weighted by Crippen LogP contribution is -2.46. The smallest absolute Gasteiger partial charge is 0.384 e. The monoisotopic (exact) mass is 185 g/mol. The van der Waals surface area contributed by atoms with E-state index in [4.69, 9.17) is 5.11 Å². The molecule has 0 fully saturated rings. The number of rotatable bonds is 2. The number of aliphatic hydroxyl groups excluding tert-OH is 1. The third kappa shape index (κ3) is 3.56. The summed E-state index contributed by atoms with van der Waals surface area (Å²) in [5.41, 5.74) is 0. The van der Waals surface area contributed by atoms with Crippen LogP contribution in [0.25, 0.3) is 0 Å². The summed E-state index contributed by atoms with van der Waals surface area (Å²) in [6, 6.07) is -1.93. The topological polar surface area (TPSA) is 49.3 Å². The number of halogens is 3. The van der Waals surface area contributed by atoms with E-state index in [9.17, 15) is 18.0 Å². The van der Waals surface area contributed by atoms with E-state index in [1.165, 1.54) is 0 Å². The Kier molecular flexibility index (Phi) is 3.51. The van der Waals surface area contributed by atoms with Crippen molar-refractivity contribution in [3.63, 3.8) is 0 Å². The van der Waals surface area contributed by atoms with Gasteiger partial charge >= 0.3 is 6.18 Å². The summed E-state index contributed by atoms with van der Waals surface area (Å²) < 4.78 is 35.3. The molecule has 0 aromatic carbocycles. The quantitative estimate of drug-likeness (QED) is 0.655. The van der Waals surface area contributed by atoms with Crippen LogP contribution in [-0.4, -0.2) is 29.3 Å². The minimum absolute atomic E-state index is 0.806. The third-order valence-corrected chi connectivity index (χ3v) is 1.23. The Labute approximate surface area is 67.6 Å². The van der Waals surface area contributed by atoms with Gasteiger partial charge < -0.3 is 10.4 Å². The van der Waals surface area contributed by atoms with Gasteiger partial charge in [-0.3, -0.25) is 4.79 Å². The fourth-order valence-corrected chi connectivity index (χ4v) is 0.416. The summed E-state index contributed by atoms with van der Waals surface area (Å²) in [5.74, 6) is -1.03. The average molecular weight is 185 g/mol. The molecule has 12 heavy (non-hydrogen) atoms. The summed E-state index contributed by atoms with van der Waals surface area (Å²) in [6.07, 6.45) is -5.89. The molecule has 0 bridgehead atoms. The van der Waals surface area contributed by atoms with E-state index in [-0.39, 0.29) is 0 Å². The van der Waals surface area contributed by atoms with Gasteiger partial charge in [0.25, 0.3) is 0 Å². The van der Waals surface area contributed by atoms with Gasteiger partial charge in [0, 0.05) is 0 Å². The molecule has 0 spiro atoms. The van der Waals surface area contributed by atoms with E-state index in [0.717, 1.165) is 13.8 Å². The molecule has 2 N–H and O–H groups in total. The second-order valence-electron chi connectivity index (χ2n) is 2.45. The van der Waals surface area contributed by atoms with E-state index < -0.39 is 24.2 Å². The Balaban J connectivity index is 4.02. The van der Waals surface area contributed by atoms with Crippen molar-refractivity contribution in [2.45, 2.75) is 32.2 Å². The molecular weight excluding hydrogens is 175 g/mol. The number of carbonyl (C=O) groups excluding carboxylic acids is 1. The lowest BCUT2D eigenvalue weighted by atomic mass is 10.3. The van der Waals surface area contributed by atoms with Gasteiger partial charge in [0.15, 0.2) is 0 Å². The predicted octanol–water partition coefficient (Wildman–Crippen LogP) is 0.434. The molecule has 0 aromatic heterocycles. The molecule has 0 saturated heterocycles. The summed E-state index contributed by atoms with van der Waals surface area (Å²) in [6.45, 7) is 1.90. The maximum absolute atomic E-state index is 11.8. The van der Waals surface area contributed by atoms with Gasteiger partial charge in [-0.1, -0.05) is 0 Å². The zero-order valence-electron chi connectivity index (χ0n) is 6.64. The van der Waals surface area contributed by atoms with Gasteiger partial charge in [-0.25, -0.2) is 0 Å². The number of carbonyl (C=O) groups is 1. The highest BCUT2D eigenvalue weighted by molar-refractivity contribution is 5.80. The minimum Gasteiger partial charge on any atom is -0.384 e. The highest BCUT2D eigenvalue weighted by Gasteiger charge is 2.37. The van der Waals surface area contributed by atoms with Crippen LogP contribution in [0.3, 0.4) is 0 Å². The first-order valence-electron chi connectivity index (χ1n) is 3.30. The molecule has 72 valence electrons. The van der Waals surface area contributed by atoms with E-state index in [1.54, 1.807) is 5.32 Å². The first kappa shape index (κ1) is 11.2. The minimum atomic E-state index is -4.47. The van der Waals surface area contributed by atoms with Crippen molar-refractivity contribution in [2.75, 3.05) is 0 Å². The van der Waals surface area contributed by atoms with Crippen molar-refractivity contribution in [1.82, 2.24) is 5.32 Å². The molecule has 0 heterocycles. The molecule has 0 aliphatic rings.